The molecule has 0 bridgehead atoms. The van der Waals surface area contributed by atoms with Gasteiger partial charge in [0.1, 0.15) is 11.6 Å². The molecule has 1 aromatic carbocycles. The first kappa shape index (κ1) is 11.0. The molecule has 0 fully saturated rings. The fourth-order valence-electron chi connectivity index (χ4n) is 1.13. The number of pyridine rings is 1. The maximum Gasteiger partial charge on any atom is 0.363 e. The van der Waals surface area contributed by atoms with Gasteiger partial charge in [0.05, 0.1) is 0 Å². The van der Waals surface area contributed by atoms with Gasteiger partial charge in [-0.2, -0.15) is 0 Å². The summed E-state index contributed by atoms with van der Waals surface area (Å²) in [6, 6.07) is 8.92. The third-order valence-corrected chi connectivity index (χ3v) is 1.89. The Bertz CT molecular complexity index is 525. The van der Waals surface area contributed by atoms with Crippen LogP contribution in [0.15, 0.2) is 36.5 Å². The Labute approximate surface area is 95.6 Å². The minimum atomic E-state index is -0.602. The zero-order valence-electron chi connectivity index (χ0n) is 8.46. The van der Waals surface area contributed by atoms with Crippen LogP contribution in [0.5, 0.6) is 11.5 Å². The maximum atomic E-state index is 12.6. The van der Waals surface area contributed by atoms with E-state index < -0.39 is 10.7 Å². The molecular formula is C11H6FN2O3. The van der Waals surface area contributed by atoms with Crippen LogP contribution in [-0.4, -0.2) is 9.91 Å². The lowest BCUT2D eigenvalue weighted by atomic mass is 10.3. The van der Waals surface area contributed by atoms with Crippen LogP contribution in [-0.2, 0) is 0 Å². The Morgan fingerprint density at radius 2 is 2.06 bits per heavy atom. The van der Waals surface area contributed by atoms with Gasteiger partial charge in [0.2, 0.25) is 0 Å². The Hall–Kier alpha value is -2.50. The highest BCUT2D eigenvalue weighted by Gasteiger charge is 2.07. The maximum absolute atomic E-state index is 12.6. The number of hydrogen-bond donors (Lipinski definition) is 0. The Morgan fingerprint density at radius 3 is 2.59 bits per heavy atom. The van der Waals surface area contributed by atoms with Crippen LogP contribution in [0.2, 0.25) is 0 Å². The van der Waals surface area contributed by atoms with E-state index in [4.69, 9.17) is 4.74 Å². The molecule has 17 heavy (non-hydrogen) atoms. The second-order valence-corrected chi connectivity index (χ2v) is 3.08. The molecule has 5 nitrogen and oxygen atoms in total. The van der Waals surface area contributed by atoms with Crippen LogP contribution in [0.25, 0.3) is 0 Å². The number of nitro groups is 1. The summed E-state index contributed by atoms with van der Waals surface area (Å²) in [7, 11) is 0. The minimum absolute atomic E-state index is 0.261. The van der Waals surface area contributed by atoms with Crippen molar-refractivity contribution < 1.29 is 14.1 Å². The van der Waals surface area contributed by atoms with Gasteiger partial charge in [0.25, 0.3) is 0 Å². The van der Waals surface area contributed by atoms with Gasteiger partial charge in [-0.05, 0) is 34.2 Å². The summed E-state index contributed by atoms with van der Waals surface area (Å²) in [5, 5.41) is 10.4. The topological polar surface area (TPSA) is 65.3 Å². The monoisotopic (exact) mass is 233 g/mol. The van der Waals surface area contributed by atoms with E-state index in [1.54, 1.807) is 0 Å². The highest BCUT2D eigenvalue weighted by Crippen LogP contribution is 2.21. The molecule has 0 spiro atoms. The van der Waals surface area contributed by atoms with Crippen molar-refractivity contribution in [3.63, 3.8) is 0 Å². The van der Waals surface area contributed by atoms with Crippen LogP contribution in [0.4, 0.5) is 10.2 Å². The van der Waals surface area contributed by atoms with Gasteiger partial charge in [0, 0.05) is 12.1 Å². The van der Waals surface area contributed by atoms with E-state index in [-0.39, 0.29) is 5.82 Å². The highest BCUT2D eigenvalue weighted by atomic mass is 19.1. The number of rotatable bonds is 3. The third-order valence-electron chi connectivity index (χ3n) is 1.89. The molecule has 2 rings (SSSR count). The van der Waals surface area contributed by atoms with Crippen molar-refractivity contribution in [1.29, 1.82) is 0 Å². The predicted octanol–water partition coefficient (Wildman–Crippen LogP) is 2.72. The van der Waals surface area contributed by atoms with Gasteiger partial charge in [-0.1, -0.05) is 0 Å². The van der Waals surface area contributed by atoms with Crippen molar-refractivity contribution in [3.05, 3.63) is 58.5 Å². The fraction of sp³-hybridized carbons (Fsp3) is 0. The molecule has 0 atom stereocenters. The predicted molar refractivity (Wildman–Crippen MR) is 56.2 cm³/mol. The minimum Gasteiger partial charge on any atom is -0.453 e. The Morgan fingerprint density at radius 1 is 1.29 bits per heavy atom. The van der Waals surface area contributed by atoms with Crippen molar-refractivity contribution in [2.45, 2.75) is 0 Å². The summed E-state index contributed by atoms with van der Waals surface area (Å²) in [4.78, 5) is 13.3. The molecule has 1 heterocycles. The smallest absolute Gasteiger partial charge is 0.363 e. The number of aromatic nitrogens is 1. The van der Waals surface area contributed by atoms with Gasteiger partial charge in [-0.25, -0.2) is 4.39 Å². The molecule has 0 N–H and O–H groups in total. The number of nitrogens with zero attached hydrogens (tertiary/aromatic N) is 2. The second kappa shape index (κ2) is 4.56. The first-order valence-corrected chi connectivity index (χ1v) is 4.61. The molecule has 0 amide bonds. The number of hydrogen-bond acceptors (Lipinski definition) is 4. The van der Waals surface area contributed by atoms with Crippen molar-refractivity contribution in [3.8, 4) is 11.5 Å². The summed E-state index contributed by atoms with van der Waals surface area (Å²) in [5.41, 5.74) is 0. The average molecular weight is 233 g/mol. The normalized spacial score (nSPS) is 9.94. The molecule has 0 aliphatic heterocycles. The zero-order chi connectivity index (χ0) is 12.3. The average Bonchev–Trinajstić information content (AvgIpc) is 2.33. The van der Waals surface area contributed by atoms with Gasteiger partial charge in [-0.3, -0.25) is 0 Å². The van der Waals surface area contributed by atoms with Gasteiger partial charge < -0.3 is 14.9 Å². The molecule has 1 radical (unpaired) electrons. The first-order chi connectivity index (χ1) is 8.15. The first-order valence-electron chi connectivity index (χ1n) is 4.61. The third kappa shape index (κ3) is 2.75. The molecule has 0 aliphatic rings. The van der Waals surface area contributed by atoms with Crippen LogP contribution in [0.1, 0.15) is 0 Å². The van der Waals surface area contributed by atoms with Gasteiger partial charge in [-0.15, -0.1) is 0 Å². The molecule has 6 heteroatoms. The van der Waals surface area contributed by atoms with Crippen molar-refractivity contribution in [2.24, 2.45) is 0 Å². The van der Waals surface area contributed by atoms with E-state index in [0.717, 1.165) is 0 Å². The van der Waals surface area contributed by atoms with Crippen LogP contribution < -0.4 is 4.74 Å². The lowest BCUT2D eigenvalue weighted by molar-refractivity contribution is -0.389. The van der Waals surface area contributed by atoms with Crippen molar-refractivity contribution in [2.75, 3.05) is 0 Å². The quantitative estimate of drug-likeness (QED) is 0.603. The number of benzene rings is 1. The zero-order valence-corrected chi connectivity index (χ0v) is 8.46. The summed E-state index contributed by atoms with van der Waals surface area (Å²) in [6.45, 7) is 0. The van der Waals surface area contributed by atoms with E-state index in [2.05, 4.69) is 11.1 Å². The van der Waals surface area contributed by atoms with Crippen molar-refractivity contribution >= 4 is 5.82 Å². The molecule has 85 valence electrons. The Kier molecular flexibility index (Phi) is 2.95. The lowest BCUT2D eigenvalue weighted by Gasteiger charge is -2.02. The van der Waals surface area contributed by atoms with E-state index in [1.165, 1.54) is 36.5 Å². The number of ether oxygens (including phenoxy) is 1. The summed E-state index contributed by atoms with van der Waals surface area (Å²) in [6.07, 6.45) is 1.22. The molecule has 0 unspecified atom stereocenters. The SMILES string of the molecule is O=[N+]([O-])c1ccc(Oc2c[c]c(F)cc2)cn1. The number of halogens is 1. The van der Waals surface area contributed by atoms with Crippen LogP contribution >= 0.6 is 0 Å². The molecule has 0 saturated heterocycles. The Balaban J connectivity index is 2.13. The summed E-state index contributed by atoms with van der Waals surface area (Å²) >= 11 is 0. The molecule has 2 aromatic rings. The molecule has 0 saturated carbocycles. The largest absolute Gasteiger partial charge is 0.453 e. The van der Waals surface area contributed by atoms with E-state index >= 15 is 0 Å². The van der Waals surface area contributed by atoms with Crippen LogP contribution in [0.3, 0.4) is 0 Å². The van der Waals surface area contributed by atoms with Crippen LogP contribution in [0, 0.1) is 22.0 Å². The van der Waals surface area contributed by atoms with E-state index in [9.17, 15) is 14.5 Å². The molecule has 1 aromatic heterocycles. The highest BCUT2D eigenvalue weighted by molar-refractivity contribution is 5.32. The van der Waals surface area contributed by atoms with Crippen molar-refractivity contribution in [1.82, 2.24) is 4.98 Å². The van der Waals surface area contributed by atoms with E-state index in [0.29, 0.717) is 11.5 Å². The molecular weight excluding hydrogens is 227 g/mol. The molecule has 0 aliphatic carbocycles. The van der Waals surface area contributed by atoms with Gasteiger partial charge in [0.15, 0.2) is 11.9 Å². The summed E-state index contributed by atoms with van der Waals surface area (Å²) in [5.74, 6) is -0.0418. The fourth-order valence-corrected chi connectivity index (χ4v) is 1.13. The lowest BCUT2D eigenvalue weighted by Crippen LogP contribution is -1.92. The standard InChI is InChI=1S/C11H6FN2O3/c12-8-1-3-9(4-2-8)17-10-5-6-11(13-7-10)14(15)16/h1,3-7H. The second-order valence-electron chi connectivity index (χ2n) is 3.08. The summed E-state index contributed by atoms with van der Waals surface area (Å²) < 4.78 is 17.9. The van der Waals surface area contributed by atoms with Gasteiger partial charge >= 0.3 is 5.82 Å². The van der Waals surface area contributed by atoms with E-state index in [1.807, 2.05) is 0 Å².